The minimum atomic E-state index is -0.200. The molecule has 0 bridgehead atoms. The normalized spacial score (nSPS) is 10.7. The van der Waals surface area contributed by atoms with Crippen LogP contribution in [0.25, 0.3) is 5.52 Å². The molecule has 6 heteroatoms. The second-order valence-corrected chi connectivity index (χ2v) is 5.19. The van der Waals surface area contributed by atoms with Gasteiger partial charge < -0.3 is 5.32 Å². The number of carbonyl (C=O) groups excluding carboxylic acids is 1. The Labute approximate surface area is 123 Å². The van der Waals surface area contributed by atoms with Crippen LogP contribution in [0.4, 0.5) is 5.69 Å². The maximum absolute atomic E-state index is 12.3. The van der Waals surface area contributed by atoms with Crippen molar-refractivity contribution >= 4 is 33.0 Å². The second-order valence-electron chi connectivity index (χ2n) is 4.33. The van der Waals surface area contributed by atoms with Gasteiger partial charge in [-0.05, 0) is 24.6 Å². The van der Waals surface area contributed by atoms with Crippen LogP contribution in [0.3, 0.4) is 0 Å². The number of hydrogen-bond donors (Lipinski definition) is 1. The van der Waals surface area contributed by atoms with Crippen LogP contribution in [-0.4, -0.2) is 20.5 Å². The Morgan fingerprint density at radius 1 is 1.35 bits per heavy atom. The van der Waals surface area contributed by atoms with Gasteiger partial charge in [-0.3, -0.25) is 9.78 Å². The van der Waals surface area contributed by atoms with Crippen molar-refractivity contribution in [2.45, 2.75) is 6.92 Å². The summed E-state index contributed by atoms with van der Waals surface area (Å²) in [6, 6.07) is 5.68. The Morgan fingerprint density at radius 2 is 2.20 bits per heavy atom. The van der Waals surface area contributed by atoms with Crippen LogP contribution >= 0.6 is 15.9 Å². The van der Waals surface area contributed by atoms with E-state index in [-0.39, 0.29) is 5.91 Å². The number of carbonyl (C=O) groups is 1. The molecule has 0 unspecified atom stereocenters. The highest BCUT2D eigenvalue weighted by atomic mass is 79.9. The zero-order valence-corrected chi connectivity index (χ0v) is 12.3. The quantitative estimate of drug-likeness (QED) is 0.785. The smallest absolute Gasteiger partial charge is 0.259 e. The van der Waals surface area contributed by atoms with Gasteiger partial charge in [0.05, 0.1) is 23.5 Å². The van der Waals surface area contributed by atoms with Crippen LogP contribution in [0.1, 0.15) is 15.9 Å². The molecule has 1 amide bonds. The zero-order valence-electron chi connectivity index (χ0n) is 10.7. The fraction of sp³-hybridized carbons (Fsp3) is 0.0714. The first kappa shape index (κ1) is 12.8. The standard InChI is InChI=1S/C14H11BrN4O/c1-9-11(15)3-2-4-12(9)18-14(20)10-7-17-19-6-5-16-8-13(10)19/h2-8H,1H3,(H,18,20). The Bertz CT molecular complexity index is 797. The van der Waals surface area contributed by atoms with Gasteiger partial charge in [0.15, 0.2) is 0 Å². The number of halogens is 1. The second kappa shape index (κ2) is 5.05. The molecule has 0 saturated carbocycles. The third-order valence-electron chi connectivity index (χ3n) is 3.09. The van der Waals surface area contributed by atoms with E-state index in [0.717, 1.165) is 15.7 Å². The lowest BCUT2D eigenvalue weighted by Crippen LogP contribution is -2.12. The topological polar surface area (TPSA) is 59.3 Å². The predicted molar refractivity (Wildman–Crippen MR) is 79.8 cm³/mol. The van der Waals surface area contributed by atoms with Crippen molar-refractivity contribution in [3.8, 4) is 0 Å². The molecule has 0 saturated heterocycles. The molecule has 0 aliphatic carbocycles. The average molecular weight is 331 g/mol. The zero-order chi connectivity index (χ0) is 14.1. The van der Waals surface area contributed by atoms with Gasteiger partial charge in [-0.1, -0.05) is 22.0 Å². The maximum Gasteiger partial charge on any atom is 0.259 e. The number of hydrogen-bond acceptors (Lipinski definition) is 3. The number of rotatable bonds is 2. The van der Waals surface area contributed by atoms with Crippen LogP contribution in [0.2, 0.25) is 0 Å². The lowest BCUT2D eigenvalue weighted by molar-refractivity contribution is 0.102. The molecule has 3 aromatic rings. The van der Waals surface area contributed by atoms with Gasteiger partial charge in [0.25, 0.3) is 5.91 Å². The molecule has 1 aromatic carbocycles. The molecule has 0 atom stereocenters. The van der Waals surface area contributed by atoms with E-state index in [0.29, 0.717) is 11.1 Å². The SMILES string of the molecule is Cc1c(Br)cccc1NC(=O)c1cnn2ccncc12. The van der Waals surface area contributed by atoms with Gasteiger partial charge in [0.2, 0.25) is 0 Å². The predicted octanol–water partition coefficient (Wildman–Crippen LogP) is 3.05. The summed E-state index contributed by atoms with van der Waals surface area (Å²) >= 11 is 3.45. The Hall–Kier alpha value is -2.21. The van der Waals surface area contributed by atoms with Crippen molar-refractivity contribution in [2.24, 2.45) is 0 Å². The molecule has 100 valence electrons. The lowest BCUT2D eigenvalue weighted by Gasteiger charge is -2.08. The summed E-state index contributed by atoms with van der Waals surface area (Å²) in [5, 5.41) is 7.02. The number of fused-ring (bicyclic) bond motifs is 1. The number of anilines is 1. The summed E-state index contributed by atoms with van der Waals surface area (Å²) in [6.07, 6.45) is 6.49. The largest absolute Gasteiger partial charge is 0.322 e. The molecule has 0 aliphatic rings. The molecular weight excluding hydrogens is 320 g/mol. The Kier molecular flexibility index (Phi) is 3.23. The highest BCUT2D eigenvalue weighted by Gasteiger charge is 2.14. The first-order chi connectivity index (χ1) is 9.66. The highest BCUT2D eigenvalue weighted by molar-refractivity contribution is 9.10. The molecule has 0 fully saturated rings. The molecule has 1 N–H and O–H groups in total. The van der Waals surface area contributed by atoms with Crippen molar-refractivity contribution in [1.29, 1.82) is 0 Å². The van der Waals surface area contributed by atoms with Crippen molar-refractivity contribution in [2.75, 3.05) is 5.32 Å². The van der Waals surface area contributed by atoms with E-state index in [9.17, 15) is 4.79 Å². The summed E-state index contributed by atoms with van der Waals surface area (Å²) in [5.74, 6) is -0.200. The van der Waals surface area contributed by atoms with E-state index in [1.54, 1.807) is 29.3 Å². The minimum Gasteiger partial charge on any atom is -0.322 e. The number of benzene rings is 1. The molecule has 0 radical (unpaired) electrons. The Morgan fingerprint density at radius 3 is 3.05 bits per heavy atom. The number of amides is 1. The molecule has 20 heavy (non-hydrogen) atoms. The monoisotopic (exact) mass is 330 g/mol. The van der Waals surface area contributed by atoms with Gasteiger partial charge >= 0.3 is 0 Å². The molecule has 2 aromatic heterocycles. The first-order valence-electron chi connectivity index (χ1n) is 6.00. The van der Waals surface area contributed by atoms with Crippen LogP contribution in [0.5, 0.6) is 0 Å². The molecule has 3 rings (SSSR count). The van der Waals surface area contributed by atoms with E-state index in [4.69, 9.17) is 0 Å². The molecule has 2 heterocycles. The van der Waals surface area contributed by atoms with E-state index >= 15 is 0 Å². The van der Waals surface area contributed by atoms with Gasteiger partial charge in [-0.2, -0.15) is 5.10 Å². The molecule has 5 nitrogen and oxygen atoms in total. The summed E-state index contributed by atoms with van der Waals surface area (Å²) in [5.41, 5.74) is 2.93. The average Bonchev–Trinajstić information content (AvgIpc) is 2.88. The third-order valence-corrected chi connectivity index (χ3v) is 3.94. The third kappa shape index (κ3) is 2.18. The van der Waals surface area contributed by atoms with E-state index in [2.05, 4.69) is 31.3 Å². The van der Waals surface area contributed by atoms with Gasteiger partial charge in [0, 0.05) is 22.6 Å². The Balaban J connectivity index is 1.95. The summed E-state index contributed by atoms with van der Waals surface area (Å²) in [6.45, 7) is 1.94. The molecular formula is C14H11BrN4O. The summed E-state index contributed by atoms with van der Waals surface area (Å²) in [7, 11) is 0. The number of aromatic nitrogens is 3. The van der Waals surface area contributed by atoms with Crippen LogP contribution in [0.15, 0.2) is 47.5 Å². The maximum atomic E-state index is 12.3. The van der Waals surface area contributed by atoms with Gasteiger partial charge in [-0.15, -0.1) is 0 Å². The minimum absolute atomic E-state index is 0.200. The summed E-state index contributed by atoms with van der Waals surface area (Å²) < 4.78 is 2.58. The first-order valence-corrected chi connectivity index (χ1v) is 6.80. The van der Waals surface area contributed by atoms with Crippen LogP contribution in [-0.2, 0) is 0 Å². The van der Waals surface area contributed by atoms with Crippen molar-refractivity contribution < 1.29 is 4.79 Å². The van der Waals surface area contributed by atoms with E-state index in [1.807, 2.05) is 25.1 Å². The van der Waals surface area contributed by atoms with Gasteiger partial charge in [0.1, 0.15) is 0 Å². The molecule has 0 aliphatic heterocycles. The fourth-order valence-corrected chi connectivity index (χ4v) is 2.31. The van der Waals surface area contributed by atoms with Crippen molar-refractivity contribution in [1.82, 2.24) is 14.6 Å². The number of nitrogens with zero attached hydrogens (tertiary/aromatic N) is 3. The van der Waals surface area contributed by atoms with Crippen molar-refractivity contribution in [3.05, 3.63) is 58.6 Å². The van der Waals surface area contributed by atoms with E-state index in [1.165, 1.54) is 0 Å². The lowest BCUT2D eigenvalue weighted by atomic mass is 10.2. The van der Waals surface area contributed by atoms with Crippen LogP contribution < -0.4 is 5.32 Å². The van der Waals surface area contributed by atoms with Crippen LogP contribution in [0, 0.1) is 6.92 Å². The van der Waals surface area contributed by atoms with Crippen molar-refractivity contribution in [3.63, 3.8) is 0 Å². The van der Waals surface area contributed by atoms with Gasteiger partial charge in [-0.25, -0.2) is 4.52 Å². The summed E-state index contributed by atoms with van der Waals surface area (Å²) in [4.78, 5) is 16.4. The molecule has 0 spiro atoms. The van der Waals surface area contributed by atoms with E-state index < -0.39 is 0 Å². The number of nitrogens with one attached hydrogen (secondary N) is 1. The fourth-order valence-electron chi connectivity index (χ4n) is 1.94. The highest BCUT2D eigenvalue weighted by Crippen LogP contribution is 2.24.